The fourth-order valence-corrected chi connectivity index (χ4v) is 2.27. The molecule has 0 aliphatic heterocycles. The van der Waals surface area contributed by atoms with Crippen LogP contribution in [-0.4, -0.2) is 59.9 Å². The molecule has 4 nitrogen and oxygen atoms in total. The third-order valence-corrected chi connectivity index (χ3v) is 3.67. The normalized spacial score (nSPS) is 11.2. The van der Waals surface area contributed by atoms with Gasteiger partial charge in [-0.25, -0.2) is 0 Å². The molecule has 0 aliphatic rings. The molecular formula is C14H28CaO4. The quantitative estimate of drug-likeness (QED) is 0.369. The Balaban J connectivity index is 0. The summed E-state index contributed by atoms with van der Waals surface area (Å²) in [5, 5.41) is 18.4. The molecule has 0 aromatic rings. The van der Waals surface area contributed by atoms with E-state index >= 15 is 0 Å². The third kappa shape index (κ3) is 6.46. The molecule has 0 heterocycles. The average Bonchev–Trinajstić information content (AvgIpc) is 2.26. The van der Waals surface area contributed by atoms with Crippen LogP contribution in [0.25, 0.3) is 0 Å². The van der Waals surface area contributed by atoms with Crippen LogP contribution in [0.4, 0.5) is 0 Å². The van der Waals surface area contributed by atoms with Crippen LogP contribution in [0, 0.1) is 11.3 Å². The van der Waals surface area contributed by atoms with Gasteiger partial charge in [-0.2, -0.15) is 0 Å². The van der Waals surface area contributed by atoms with Gasteiger partial charge in [0.25, 0.3) is 0 Å². The monoisotopic (exact) mass is 300 g/mol. The van der Waals surface area contributed by atoms with E-state index in [1.807, 2.05) is 0 Å². The average molecular weight is 300 g/mol. The van der Waals surface area contributed by atoms with Crippen molar-refractivity contribution in [2.75, 3.05) is 0 Å². The molecule has 0 aromatic heterocycles. The van der Waals surface area contributed by atoms with E-state index in [-0.39, 0.29) is 44.2 Å². The molecule has 0 spiro atoms. The Morgan fingerprint density at radius 2 is 1.37 bits per heavy atom. The van der Waals surface area contributed by atoms with Crippen molar-refractivity contribution in [2.24, 2.45) is 11.3 Å². The van der Waals surface area contributed by atoms with Crippen molar-refractivity contribution in [3.63, 3.8) is 0 Å². The molecule has 2 N–H and O–H groups in total. The molecule has 0 rings (SSSR count). The molecular weight excluding hydrogens is 272 g/mol. The molecule has 19 heavy (non-hydrogen) atoms. The second kappa shape index (κ2) is 10.9. The van der Waals surface area contributed by atoms with Crippen LogP contribution in [0.3, 0.4) is 0 Å². The molecule has 0 radical (unpaired) electrons. The minimum absolute atomic E-state index is 0. The number of carboxylic acids is 2. The first-order valence-electron chi connectivity index (χ1n) is 6.86. The molecule has 0 bridgehead atoms. The zero-order valence-electron chi connectivity index (χ0n) is 11.7. The van der Waals surface area contributed by atoms with Crippen LogP contribution in [0.2, 0.25) is 0 Å². The van der Waals surface area contributed by atoms with Gasteiger partial charge in [-0.05, 0) is 12.3 Å². The molecule has 0 unspecified atom stereocenters. The summed E-state index contributed by atoms with van der Waals surface area (Å²) in [5.41, 5.74) is -1.62. The maximum atomic E-state index is 11.3. The van der Waals surface area contributed by atoms with Crippen molar-refractivity contribution in [3.8, 4) is 0 Å². The van der Waals surface area contributed by atoms with Crippen LogP contribution in [0.1, 0.15) is 65.7 Å². The van der Waals surface area contributed by atoms with Crippen LogP contribution in [0.5, 0.6) is 0 Å². The van der Waals surface area contributed by atoms with E-state index in [1.54, 1.807) is 13.8 Å². The van der Waals surface area contributed by atoms with Crippen molar-refractivity contribution in [1.82, 2.24) is 0 Å². The van der Waals surface area contributed by atoms with Crippen LogP contribution >= 0.6 is 0 Å². The van der Waals surface area contributed by atoms with Gasteiger partial charge in [0, 0.05) is 0 Å². The van der Waals surface area contributed by atoms with Gasteiger partial charge < -0.3 is 10.2 Å². The Hall–Kier alpha value is 0.200. The van der Waals surface area contributed by atoms with Crippen LogP contribution in [-0.2, 0) is 9.59 Å². The summed E-state index contributed by atoms with van der Waals surface area (Å²) in [6.07, 6.45) is 6.36. The zero-order chi connectivity index (χ0) is 14.2. The molecule has 0 amide bonds. The summed E-state index contributed by atoms with van der Waals surface area (Å²) in [6, 6.07) is 0. The van der Waals surface area contributed by atoms with E-state index in [9.17, 15) is 19.8 Å². The minimum atomic E-state index is -1.62. The number of carboxylic acid groups (broad SMARTS) is 2. The fraction of sp³-hybridized carbons (Fsp3) is 0.857. The van der Waals surface area contributed by atoms with E-state index in [4.69, 9.17) is 0 Å². The number of aliphatic carboxylic acids is 2. The van der Waals surface area contributed by atoms with E-state index < -0.39 is 23.3 Å². The maximum absolute atomic E-state index is 11.3. The van der Waals surface area contributed by atoms with Crippen molar-refractivity contribution >= 4 is 49.7 Å². The number of hydrogen-bond donors (Lipinski definition) is 2. The molecule has 5 heteroatoms. The second-order valence-electron chi connectivity index (χ2n) is 5.25. The molecule has 0 atom stereocenters. The van der Waals surface area contributed by atoms with Crippen molar-refractivity contribution in [2.45, 2.75) is 65.7 Å². The molecule has 110 valence electrons. The first-order valence-corrected chi connectivity index (χ1v) is 6.86. The van der Waals surface area contributed by atoms with E-state index in [0.717, 1.165) is 19.3 Å². The molecule has 0 saturated heterocycles. The van der Waals surface area contributed by atoms with E-state index in [0.29, 0.717) is 6.42 Å². The predicted octanol–water partition coefficient (Wildman–Crippen LogP) is 2.63. The van der Waals surface area contributed by atoms with Crippen LogP contribution in [0.15, 0.2) is 0 Å². The summed E-state index contributed by atoms with van der Waals surface area (Å²) in [5.74, 6) is -2.82. The summed E-state index contributed by atoms with van der Waals surface area (Å²) in [6.45, 7) is 5.47. The summed E-state index contributed by atoms with van der Waals surface area (Å²) in [7, 11) is 0. The Morgan fingerprint density at radius 3 is 1.74 bits per heavy atom. The van der Waals surface area contributed by atoms with Crippen molar-refractivity contribution < 1.29 is 19.8 Å². The molecule has 0 fully saturated rings. The molecule has 0 saturated carbocycles. The van der Waals surface area contributed by atoms with Crippen molar-refractivity contribution in [3.05, 3.63) is 0 Å². The Bertz CT molecular complexity index is 263. The van der Waals surface area contributed by atoms with Gasteiger partial charge in [-0.3, -0.25) is 9.59 Å². The Kier molecular flexibility index (Phi) is 12.4. The summed E-state index contributed by atoms with van der Waals surface area (Å²) in [4.78, 5) is 22.6. The fourth-order valence-electron chi connectivity index (χ4n) is 2.27. The number of rotatable bonds is 10. The number of hydrogen-bond acceptors (Lipinski definition) is 2. The summed E-state index contributed by atoms with van der Waals surface area (Å²) < 4.78 is 0. The number of carbonyl (C=O) groups is 2. The van der Waals surface area contributed by atoms with Gasteiger partial charge in [0.2, 0.25) is 0 Å². The number of unbranched alkanes of at least 4 members (excludes halogenated alkanes) is 5. The molecule has 0 aromatic carbocycles. The third-order valence-electron chi connectivity index (χ3n) is 3.67. The first kappa shape index (κ1) is 21.5. The molecule has 0 aliphatic carbocycles. The standard InChI is InChI=1S/C14H26O4.Ca.2H/c1-4-5-6-7-8-9-10-14(11(2)3,12(15)16)13(17)18;;;/h11H,4-10H2,1-3H3,(H,15,16)(H,17,18);;;. The van der Waals surface area contributed by atoms with Gasteiger partial charge in [0.15, 0.2) is 5.41 Å². The first-order chi connectivity index (χ1) is 8.39. The van der Waals surface area contributed by atoms with Crippen LogP contribution < -0.4 is 0 Å². The van der Waals surface area contributed by atoms with Gasteiger partial charge in [0.1, 0.15) is 0 Å². The zero-order valence-corrected chi connectivity index (χ0v) is 11.7. The van der Waals surface area contributed by atoms with Gasteiger partial charge >= 0.3 is 49.7 Å². The Labute approximate surface area is 146 Å². The predicted molar refractivity (Wildman–Crippen MR) is 79.1 cm³/mol. The second-order valence-corrected chi connectivity index (χ2v) is 5.25. The SMILES string of the molecule is CCCCCCCCC(C(=O)O)(C(=O)O)C(C)C.[CaH2]. The van der Waals surface area contributed by atoms with Crippen molar-refractivity contribution in [1.29, 1.82) is 0 Å². The Morgan fingerprint density at radius 1 is 0.947 bits per heavy atom. The topological polar surface area (TPSA) is 74.6 Å². The van der Waals surface area contributed by atoms with Gasteiger partial charge in [0.05, 0.1) is 0 Å². The summed E-state index contributed by atoms with van der Waals surface area (Å²) >= 11 is 0. The van der Waals surface area contributed by atoms with E-state index in [1.165, 1.54) is 12.8 Å². The van der Waals surface area contributed by atoms with E-state index in [2.05, 4.69) is 6.92 Å². The van der Waals surface area contributed by atoms with Gasteiger partial charge in [-0.15, -0.1) is 0 Å². The van der Waals surface area contributed by atoms with Gasteiger partial charge in [-0.1, -0.05) is 59.3 Å².